The summed E-state index contributed by atoms with van der Waals surface area (Å²) in [6, 6.07) is 19.3. The van der Waals surface area contributed by atoms with Gasteiger partial charge in [0.2, 0.25) is 0 Å². The molecule has 6 rings (SSSR count). The molecule has 0 radical (unpaired) electrons. The molecule has 2 aliphatic rings. The fraction of sp³-hybridized carbons (Fsp3) is 0.540. The summed E-state index contributed by atoms with van der Waals surface area (Å²) >= 11 is 0. The number of allylic oxidation sites excluding steroid dienone is 3. The zero-order valence-corrected chi connectivity index (χ0v) is 38.8. The molecular formula is C50H68N6O9. The lowest BCUT2D eigenvalue weighted by atomic mass is 9.79. The molecule has 65 heavy (non-hydrogen) atoms. The number of benzene rings is 2. The van der Waals surface area contributed by atoms with E-state index in [1.54, 1.807) is 61.9 Å². The average molecular weight is 897 g/mol. The summed E-state index contributed by atoms with van der Waals surface area (Å²) < 4.78 is 20.7. The van der Waals surface area contributed by atoms with E-state index in [0.29, 0.717) is 38.9 Å². The number of esters is 1. The van der Waals surface area contributed by atoms with Gasteiger partial charge < -0.3 is 39.5 Å². The molecule has 4 aromatic rings. The van der Waals surface area contributed by atoms with Crippen molar-refractivity contribution in [3.8, 4) is 5.69 Å². The van der Waals surface area contributed by atoms with Crippen LogP contribution >= 0.6 is 0 Å². The Morgan fingerprint density at radius 3 is 2.42 bits per heavy atom. The van der Waals surface area contributed by atoms with Gasteiger partial charge in [0.1, 0.15) is 12.2 Å². The molecule has 4 N–H and O–H groups in total. The van der Waals surface area contributed by atoms with Crippen LogP contribution in [-0.2, 0) is 36.9 Å². The largest absolute Gasteiger partial charge is 0.462 e. The van der Waals surface area contributed by atoms with Crippen LogP contribution in [0.4, 0.5) is 0 Å². The number of likely N-dealkylation sites (N-methyl/N-ethyl adjacent to an activating group) is 1. The minimum atomic E-state index is -1.28. The van der Waals surface area contributed by atoms with Crippen molar-refractivity contribution in [2.45, 2.75) is 122 Å². The van der Waals surface area contributed by atoms with Gasteiger partial charge in [0.15, 0.2) is 12.1 Å². The van der Waals surface area contributed by atoms with Crippen molar-refractivity contribution >= 4 is 22.7 Å². The second-order valence-electron chi connectivity index (χ2n) is 18.2. The molecule has 2 aliphatic heterocycles. The van der Waals surface area contributed by atoms with Crippen LogP contribution in [0, 0.1) is 23.7 Å². The molecule has 352 valence electrons. The minimum absolute atomic E-state index is 0.111. The van der Waals surface area contributed by atoms with Crippen LogP contribution < -0.4 is 0 Å². The average Bonchev–Trinajstić information content (AvgIpc) is 3.76. The molecule has 0 spiro atoms. The third-order valence-corrected chi connectivity index (χ3v) is 13.0. The van der Waals surface area contributed by atoms with Crippen LogP contribution in [0.2, 0.25) is 0 Å². The van der Waals surface area contributed by atoms with E-state index in [0.717, 1.165) is 33.4 Å². The highest BCUT2D eigenvalue weighted by atomic mass is 16.7. The number of aromatic nitrogens is 4. The molecule has 1 saturated heterocycles. The molecule has 12 atom stereocenters. The first-order chi connectivity index (χ1) is 31.1. The second-order valence-corrected chi connectivity index (χ2v) is 18.2. The Bertz CT molecular complexity index is 2220. The van der Waals surface area contributed by atoms with E-state index in [1.165, 1.54) is 0 Å². The molecule has 0 amide bonds. The van der Waals surface area contributed by atoms with Crippen molar-refractivity contribution in [1.82, 2.24) is 29.8 Å². The molecule has 15 heteroatoms. The molecule has 0 bridgehead atoms. The van der Waals surface area contributed by atoms with Gasteiger partial charge in [-0.15, -0.1) is 5.10 Å². The van der Waals surface area contributed by atoms with Crippen LogP contribution in [0.3, 0.4) is 0 Å². The quantitative estimate of drug-likeness (QED) is 0.131. The number of aliphatic hydroxyl groups is 4. The second kappa shape index (κ2) is 23.1. The van der Waals surface area contributed by atoms with Crippen LogP contribution in [-0.4, -0.2) is 138 Å². The van der Waals surface area contributed by atoms with Gasteiger partial charge in [0, 0.05) is 36.2 Å². The maximum atomic E-state index is 14.0. The van der Waals surface area contributed by atoms with Gasteiger partial charge in [-0.25, -0.2) is 4.68 Å². The number of nitrogens with zero attached hydrogens (tertiary/aromatic N) is 6. The van der Waals surface area contributed by atoms with Gasteiger partial charge in [0.25, 0.3) is 0 Å². The Morgan fingerprint density at radius 1 is 0.954 bits per heavy atom. The number of para-hydroxylation sites is 1. The number of pyridine rings is 1. The zero-order valence-electron chi connectivity index (χ0n) is 38.8. The third-order valence-electron chi connectivity index (χ3n) is 13.0. The van der Waals surface area contributed by atoms with Crippen LogP contribution in [0.25, 0.3) is 16.6 Å². The first kappa shape index (κ1) is 49.7. The van der Waals surface area contributed by atoms with E-state index < -0.39 is 78.6 Å². The summed E-state index contributed by atoms with van der Waals surface area (Å²) in [5.41, 5.74) is 4.21. The van der Waals surface area contributed by atoms with E-state index in [2.05, 4.69) is 32.3 Å². The first-order valence-corrected chi connectivity index (χ1v) is 22.9. The monoisotopic (exact) mass is 897 g/mol. The molecule has 4 heterocycles. The number of hydrogen-bond donors (Lipinski definition) is 4. The van der Waals surface area contributed by atoms with Gasteiger partial charge in [-0.05, 0) is 83.4 Å². The summed E-state index contributed by atoms with van der Waals surface area (Å²) in [5.74, 6) is -2.91. The third kappa shape index (κ3) is 13.0. The molecule has 0 saturated carbocycles. The van der Waals surface area contributed by atoms with Crippen LogP contribution in [0.1, 0.15) is 71.6 Å². The predicted molar refractivity (Wildman–Crippen MR) is 246 cm³/mol. The predicted octanol–water partition coefficient (Wildman–Crippen LogP) is 5.03. The lowest BCUT2D eigenvalue weighted by molar-refractivity contribution is -0.304. The van der Waals surface area contributed by atoms with Crippen molar-refractivity contribution in [1.29, 1.82) is 0 Å². The van der Waals surface area contributed by atoms with E-state index in [-0.39, 0.29) is 18.8 Å². The number of ether oxygens (including phenoxy) is 3. The fourth-order valence-corrected chi connectivity index (χ4v) is 9.17. The van der Waals surface area contributed by atoms with Crippen molar-refractivity contribution in [3.63, 3.8) is 0 Å². The number of hydrogen-bond acceptors (Lipinski definition) is 14. The SMILES string of the molecule is CC[C@H]1OC(=O)C[C@@H](O)[C@H](C)[C@@H](O[C@@H]2O[C@H](C)[C@@H](O)[C@H](N(C)C)[C@H]2O)[C@@H](CCN(Cc2ccccc2)Cc2cn(-c3cnc4ccccc4c3)nn2)C[C@@H](C)C(=O)/C=C/C(C)=C/[C@@H]1CO. The van der Waals surface area contributed by atoms with Crippen molar-refractivity contribution in [2.75, 3.05) is 27.2 Å². The van der Waals surface area contributed by atoms with Crippen LogP contribution in [0.15, 0.2) is 96.9 Å². The highest BCUT2D eigenvalue weighted by Gasteiger charge is 2.47. The van der Waals surface area contributed by atoms with E-state index in [4.69, 9.17) is 14.2 Å². The summed E-state index contributed by atoms with van der Waals surface area (Å²) in [4.78, 5) is 36.1. The number of cyclic esters (lactones) is 1. The number of aliphatic hydroxyl groups excluding tert-OH is 4. The number of carbonyl (C=O) groups excluding carboxylic acids is 2. The van der Waals surface area contributed by atoms with Crippen LogP contribution in [0.5, 0.6) is 0 Å². The van der Waals surface area contributed by atoms with Gasteiger partial charge in [-0.3, -0.25) is 19.5 Å². The Kier molecular flexibility index (Phi) is 17.7. The summed E-state index contributed by atoms with van der Waals surface area (Å²) in [6.07, 6.45) is 2.62. The lowest BCUT2D eigenvalue weighted by Gasteiger charge is -2.46. The maximum absolute atomic E-state index is 14.0. The highest BCUT2D eigenvalue weighted by Crippen LogP contribution is 2.35. The first-order valence-electron chi connectivity index (χ1n) is 22.9. The fourth-order valence-electron chi connectivity index (χ4n) is 9.17. The molecule has 1 fully saturated rings. The smallest absolute Gasteiger partial charge is 0.308 e. The van der Waals surface area contributed by atoms with Gasteiger partial charge in [0.05, 0.1) is 72.8 Å². The molecule has 2 aromatic carbocycles. The van der Waals surface area contributed by atoms with Crippen molar-refractivity contribution < 1.29 is 44.2 Å². The van der Waals surface area contributed by atoms with E-state index in [1.807, 2.05) is 75.5 Å². The minimum Gasteiger partial charge on any atom is -0.462 e. The molecule has 2 aromatic heterocycles. The Labute approximate surface area is 382 Å². The standard InChI is InChI=1S/C50H68N6O9/c1-8-44-38(30-57)22-31(2)18-19-42(58)32(3)23-37(49(33(4)43(59)25-45(60)64-44)65-50-48(62)46(54(6)7)47(61)34(5)63-50)20-21-55(27-35-14-10-9-11-15-35)28-39-29-56(53-52-39)40-24-36-16-12-13-17-41(36)51-26-40/h9-19,22,24,26,29,32-34,37-38,43-44,46-50,57,59,61-62H,8,20-21,23,25,27-28,30H2,1-7H3/b19-18+,31-22+/t32-,33+,34-,37+,38-,43-,44-,46+,47-,48-,49-,50+/m1/s1. The number of ketones is 1. The van der Waals surface area contributed by atoms with E-state index >= 15 is 0 Å². The molecule has 15 nitrogen and oxygen atoms in total. The number of carbonyl (C=O) groups is 2. The van der Waals surface area contributed by atoms with Gasteiger partial charge in [-0.2, -0.15) is 0 Å². The maximum Gasteiger partial charge on any atom is 0.308 e. The molecule has 0 aliphatic carbocycles. The Hall–Kier alpha value is -4.71. The zero-order chi connectivity index (χ0) is 46.8. The molecular weight excluding hydrogens is 829 g/mol. The lowest BCUT2D eigenvalue weighted by Crippen LogP contribution is -2.63. The summed E-state index contributed by atoms with van der Waals surface area (Å²) in [5, 5.41) is 55.0. The Balaban J connectivity index is 1.35. The Morgan fingerprint density at radius 2 is 1.69 bits per heavy atom. The summed E-state index contributed by atoms with van der Waals surface area (Å²) in [6.45, 7) is 10.3. The van der Waals surface area contributed by atoms with E-state index in [9.17, 15) is 30.0 Å². The molecule has 0 unspecified atom stereocenters. The van der Waals surface area contributed by atoms with Crippen molar-refractivity contribution in [2.24, 2.45) is 23.7 Å². The topological polar surface area (TPSA) is 193 Å². The van der Waals surface area contributed by atoms with Crippen molar-refractivity contribution in [3.05, 3.63) is 108 Å². The normalized spacial score (nSPS) is 31.2. The van der Waals surface area contributed by atoms with Gasteiger partial charge in [-0.1, -0.05) is 92.2 Å². The number of rotatable bonds is 13. The highest BCUT2D eigenvalue weighted by molar-refractivity contribution is 5.91. The summed E-state index contributed by atoms with van der Waals surface area (Å²) in [7, 11) is 3.53. The van der Waals surface area contributed by atoms with Gasteiger partial charge >= 0.3 is 5.97 Å². The number of fused-ring (bicyclic) bond motifs is 1.